The second kappa shape index (κ2) is 5.97. The van der Waals surface area contributed by atoms with Crippen LogP contribution in [0.3, 0.4) is 0 Å². The number of thiol groups is 1. The average molecular weight is 298 g/mol. The van der Waals surface area contributed by atoms with Gasteiger partial charge in [0.25, 0.3) is 5.91 Å². The number of benzene rings is 1. The van der Waals surface area contributed by atoms with Crippen LogP contribution in [0.15, 0.2) is 27.6 Å². The molecule has 1 rings (SSSR count). The summed E-state index contributed by atoms with van der Waals surface area (Å²) in [5.74, 6) is 2.36. The molecule has 0 aliphatic heterocycles. The number of hydrogen-bond donors (Lipinski definition) is 2. The van der Waals surface area contributed by atoms with E-state index in [0.717, 1.165) is 9.37 Å². The quantitative estimate of drug-likeness (QED) is 0.652. The van der Waals surface area contributed by atoms with Crippen molar-refractivity contribution in [2.24, 2.45) is 0 Å². The topological polar surface area (TPSA) is 29.1 Å². The molecule has 1 aromatic rings. The average Bonchev–Trinajstić information content (AvgIpc) is 2.21. The zero-order chi connectivity index (χ0) is 12.1. The summed E-state index contributed by atoms with van der Waals surface area (Å²) in [4.78, 5) is 12.6. The number of carbonyl (C=O) groups excluding carboxylic acids is 1. The molecular formula is C12H12BrNOS. The van der Waals surface area contributed by atoms with Crippen LogP contribution in [0.5, 0.6) is 0 Å². The molecular weight excluding hydrogens is 286 g/mol. The fraction of sp³-hybridized carbons (Fsp3) is 0.250. The van der Waals surface area contributed by atoms with Crippen molar-refractivity contribution in [3.63, 3.8) is 0 Å². The molecule has 0 saturated heterocycles. The van der Waals surface area contributed by atoms with Gasteiger partial charge in [-0.1, -0.05) is 0 Å². The Morgan fingerprint density at radius 2 is 2.38 bits per heavy atom. The first kappa shape index (κ1) is 13.1. The molecule has 0 bridgehead atoms. The van der Waals surface area contributed by atoms with Crippen molar-refractivity contribution < 1.29 is 4.79 Å². The molecule has 0 aromatic heterocycles. The Kier molecular flexibility index (Phi) is 4.91. The lowest BCUT2D eigenvalue weighted by molar-refractivity contribution is 0.0940. The second-order valence-electron chi connectivity index (χ2n) is 3.45. The Morgan fingerprint density at radius 3 is 3.00 bits per heavy atom. The Hall–Kier alpha value is -0.920. The smallest absolute Gasteiger partial charge is 0.252 e. The predicted molar refractivity (Wildman–Crippen MR) is 71.8 cm³/mol. The summed E-state index contributed by atoms with van der Waals surface area (Å²) in [6.45, 7) is 1.87. The molecule has 4 heteroatoms. The lowest BCUT2D eigenvalue weighted by Gasteiger charge is -2.12. The van der Waals surface area contributed by atoms with Crippen LogP contribution in [0.1, 0.15) is 23.7 Å². The molecule has 1 N–H and O–H groups in total. The van der Waals surface area contributed by atoms with Gasteiger partial charge in [-0.15, -0.1) is 25.0 Å². The SMILES string of the molecule is C#CCC(C)NC(=O)c1cc(S)ccc1Br. The zero-order valence-electron chi connectivity index (χ0n) is 8.83. The highest BCUT2D eigenvalue weighted by Gasteiger charge is 2.12. The van der Waals surface area contributed by atoms with Crippen molar-refractivity contribution in [1.82, 2.24) is 5.32 Å². The number of carbonyl (C=O) groups is 1. The molecule has 0 heterocycles. The van der Waals surface area contributed by atoms with E-state index in [2.05, 4.69) is 39.8 Å². The largest absolute Gasteiger partial charge is 0.349 e. The predicted octanol–water partition coefficient (Wildman–Crippen LogP) is 2.88. The fourth-order valence-electron chi connectivity index (χ4n) is 1.22. The minimum absolute atomic E-state index is 0.0343. The zero-order valence-corrected chi connectivity index (χ0v) is 11.3. The van der Waals surface area contributed by atoms with Crippen LogP contribution in [-0.4, -0.2) is 11.9 Å². The fourth-order valence-corrected chi connectivity index (χ4v) is 1.85. The Balaban J connectivity index is 2.81. The molecule has 0 spiro atoms. The van der Waals surface area contributed by atoms with E-state index in [1.165, 1.54) is 0 Å². The maximum atomic E-state index is 11.9. The summed E-state index contributed by atoms with van der Waals surface area (Å²) in [5, 5.41) is 2.82. The van der Waals surface area contributed by atoms with E-state index in [0.29, 0.717) is 12.0 Å². The van der Waals surface area contributed by atoms with Gasteiger partial charge in [0.2, 0.25) is 0 Å². The van der Waals surface area contributed by atoms with Gasteiger partial charge in [-0.3, -0.25) is 4.79 Å². The van der Waals surface area contributed by atoms with Gasteiger partial charge >= 0.3 is 0 Å². The first-order valence-corrected chi connectivity index (χ1v) is 6.01. The van der Waals surface area contributed by atoms with Crippen molar-refractivity contribution >= 4 is 34.5 Å². The second-order valence-corrected chi connectivity index (χ2v) is 4.82. The molecule has 84 valence electrons. The minimum Gasteiger partial charge on any atom is -0.349 e. The third kappa shape index (κ3) is 3.58. The summed E-state index contributed by atoms with van der Waals surface area (Å²) in [7, 11) is 0. The van der Waals surface area contributed by atoms with Gasteiger partial charge in [0.15, 0.2) is 0 Å². The lowest BCUT2D eigenvalue weighted by Crippen LogP contribution is -2.32. The summed E-state index contributed by atoms with van der Waals surface area (Å²) < 4.78 is 0.746. The van der Waals surface area contributed by atoms with Gasteiger partial charge < -0.3 is 5.32 Å². The normalized spacial score (nSPS) is 11.6. The molecule has 2 nitrogen and oxygen atoms in total. The number of nitrogens with one attached hydrogen (secondary N) is 1. The van der Waals surface area contributed by atoms with E-state index in [9.17, 15) is 4.79 Å². The highest BCUT2D eigenvalue weighted by atomic mass is 79.9. The first-order chi connectivity index (χ1) is 7.54. The number of rotatable bonds is 3. The minimum atomic E-state index is -0.148. The van der Waals surface area contributed by atoms with Crippen molar-refractivity contribution in [3.8, 4) is 12.3 Å². The summed E-state index contributed by atoms with van der Waals surface area (Å²) in [6, 6.07) is 5.29. The highest BCUT2D eigenvalue weighted by molar-refractivity contribution is 9.10. The van der Waals surface area contributed by atoms with Gasteiger partial charge in [-0.05, 0) is 41.1 Å². The van der Waals surface area contributed by atoms with Gasteiger partial charge in [0.05, 0.1) is 5.56 Å². The Morgan fingerprint density at radius 1 is 1.69 bits per heavy atom. The molecule has 0 aliphatic carbocycles. The highest BCUT2D eigenvalue weighted by Crippen LogP contribution is 2.20. The summed E-state index contributed by atoms with van der Waals surface area (Å²) in [5.41, 5.74) is 0.566. The summed E-state index contributed by atoms with van der Waals surface area (Å²) in [6.07, 6.45) is 5.69. The van der Waals surface area contributed by atoms with E-state index >= 15 is 0 Å². The van der Waals surface area contributed by atoms with Crippen LogP contribution in [0.2, 0.25) is 0 Å². The van der Waals surface area contributed by atoms with Crippen LogP contribution in [0.4, 0.5) is 0 Å². The molecule has 1 amide bonds. The Labute approximate surface area is 109 Å². The molecule has 1 aromatic carbocycles. The maximum absolute atomic E-state index is 11.9. The number of terminal acetylenes is 1. The van der Waals surface area contributed by atoms with Crippen molar-refractivity contribution in [1.29, 1.82) is 0 Å². The third-order valence-corrected chi connectivity index (χ3v) is 2.97. The molecule has 0 aliphatic rings. The molecule has 16 heavy (non-hydrogen) atoms. The van der Waals surface area contributed by atoms with E-state index in [1.807, 2.05) is 13.0 Å². The van der Waals surface area contributed by atoms with Crippen LogP contribution >= 0.6 is 28.6 Å². The summed E-state index contributed by atoms with van der Waals surface area (Å²) >= 11 is 7.52. The Bertz CT molecular complexity index is 439. The van der Waals surface area contributed by atoms with Gasteiger partial charge in [-0.2, -0.15) is 0 Å². The van der Waals surface area contributed by atoms with Gasteiger partial charge in [0, 0.05) is 21.8 Å². The van der Waals surface area contributed by atoms with Gasteiger partial charge in [-0.25, -0.2) is 0 Å². The molecule has 1 atom stereocenters. The lowest BCUT2D eigenvalue weighted by atomic mass is 10.2. The maximum Gasteiger partial charge on any atom is 0.252 e. The number of hydrogen-bond acceptors (Lipinski definition) is 2. The van der Waals surface area contributed by atoms with E-state index < -0.39 is 0 Å². The first-order valence-electron chi connectivity index (χ1n) is 4.77. The van der Waals surface area contributed by atoms with Crippen LogP contribution in [0.25, 0.3) is 0 Å². The van der Waals surface area contributed by atoms with E-state index in [-0.39, 0.29) is 11.9 Å². The van der Waals surface area contributed by atoms with Crippen LogP contribution in [-0.2, 0) is 0 Å². The van der Waals surface area contributed by atoms with Crippen LogP contribution in [0, 0.1) is 12.3 Å². The number of halogens is 1. The molecule has 0 fully saturated rings. The van der Waals surface area contributed by atoms with E-state index in [4.69, 9.17) is 6.42 Å². The monoisotopic (exact) mass is 297 g/mol. The number of amides is 1. The standard InChI is InChI=1S/C12H12BrNOS/c1-3-4-8(2)14-12(15)10-7-9(16)5-6-11(10)13/h1,5-8,16H,4H2,2H3,(H,14,15). The van der Waals surface area contributed by atoms with Crippen molar-refractivity contribution in [2.45, 2.75) is 24.3 Å². The molecule has 0 radical (unpaired) electrons. The van der Waals surface area contributed by atoms with Crippen LogP contribution < -0.4 is 5.32 Å². The van der Waals surface area contributed by atoms with Crippen molar-refractivity contribution in [3.05, 3.63) is 28.2 Å². The van der Waals surface area contributed by atoms with Gasteiger partial charge in [0.1, 0.15) is 0 Å². The molecule has 1 unspecified atom stereocenters. The molecule has 0 saturated carbocycles. The van der Waals surface area contributed by atoms with Crippen molar-refractivity contribution in [2.75, 3.05) is 0 Å². The third-order valence-electron chi connectivity index (χ3n) is 2.00. The van der Waals surface area contributed by atoms with E-state index in [1.54, 1.807) is 12.1 Å².